The van der Waals surface area contributed by atoms with Crippen LogP contribution < -0.4 is 5.73 Å². The average molecular weight is 258 g/mol. The highest BCUT2D eigenvalue weighted by Crippen LogP contribution is 2.25. The zero-order valence-electron chi connectivity index (χ0n) is 10.8. The number of aryl methyl sites for hydroxylation is 2. The van der Waals surface area contributed by atoms with Gasteiger partial charge in [-0.2, -0.15) is 0 Å². The largest absolute Gasteiger partial charge is 0.399 e. The predicted octanol–water partition coefficient (Wildman–Crippen LogP) is 3.83. The third-order valence-electron chi connectivity index (χ3n) is 2.87. The summed E-state index contributed by atoms with van der Waals surface area (Å²) >= 11 is 1.82. The Kier molecular flexibility index (Phi) is 4.26. The molecule has 2 aromatic rings. The number of benzene rings is 1. The van der Waals surface area contributed by atoms with Crippen molar-refractivity contribution in [1.82, 2.24) is 4.98 Å². The first-order valence-corrected chi connectivity index (χ1v) is 7.10. The van der Waals surface area contributed by atoms with Gasteiger partial charge in [-0.1, -0.05) is 6.92 Å². The summed E-state index contributed by atoms with van der Waals surface area (Å²) in [6, 6.07) is 10.2. The van der Waals surface area contributed by atoms with E-state index in [4.69, 9.17) is 5.73 Å². The van der Waals surface area contributed by atoms with Gasteiger partial charge in [0.2, 0.25) is 0 Å². The molecule has 94 valence electrons. The van der Waals surface area contributed by atoms with E-state index in [0.717, 1.165) is 23.6 Å². The van der Waals surface area contributed by atoms with Crippen LogP contribution in [0.4, 0.5) is 5.69 Å². The molecule has 1 heterocycles. The minimum Gasteiger partial charge on any atom is -0.399 e. The molecule has 2 rings (SSSR count). The van der Waals surface area contributed by atoms with Crippen molar-refractivity contribution in [2.45, 2.75) is 30.9 Å². The van der Waals surface area contributed by atoms with Gasteiger partial charge in [0.1, 0.15) is 0 Å². The standard InChI is InChI=1S/C15H18N2S/c1-3-12-8-11(2)17-9-13(12)10-18-15-6-4-14(16)5-7-15/h4-9H,3,10,16H2,1-2H3. The van der Waals surface area contributed by atoms with Crippen LogP contribution >= 0.6 is 11.8 Å². The number of anilines is 1. The lowest BCUT2D eigenvalue weighted by atomic mass is 10.1. The topological polar surface area (TPSA) is 38.9 Å². The first-order chi connectivity index (χ1) is 8.69. The van der Waals surface area contributed by atoms with Crippen molar-refractivity contribution in [3.63, 3.8) is 0 Å². The zero-order chi connectivity index (χ0) is 13.0. The lowest BCUT2D eigenvalue weighted by molar-refractivity contribution is 1.05. The third-order valence-corrected chi connectivity index (χ3v) is 3.94. The van der Waals surface area contributed by atoms with Crippen molar-refractivity contribution in [2.75, 3.05) is 5.73 Å². The Morgan fingerprint density at radius 1 is 1.17 bits per heavy atom. The maximum absolute atomic E-state index is 5.68. The van der Waals surface area contributed by atoms with Crippen molar-refractivity contribution in [2.24, 2.45) is 0 Å². The van der Waals surface area contributed by atoms with Crippen LogP contribution in [0.3, 0.4) is 0 Å². The maximum atomic E-state index is 5.68. The Labute approximate surface area is 113 Å². The van der Waals surface area contributed by atoms with Crippen molar-refractivity contribution in [3.05, 3.63) is 53.3 Å². The Bertz CT molecular complexity index is 521. The summed E-state index contributed by atoms with van der Waals surface area (Å²) in [4.78, 5) is 5.62. The molecule has 0 aliphatic carbocycles. The molecule has 2 nitrogen and oxygen atoms in total. The highest BCUT2D eigenvalue weighted by atomic mass is 32.2. The van der Waals surface area contributed by atoms with Crippen LogP contribution in [-0.2, 0) is 12.2 Å². The van der Waals surface area contributed by atoms with E-state index in [0.29, 0.717) is 0 Å². The van der Waals surface area contributed by atoms with Crippen LogP contribution in [0.15, 0.2) is 41.4 Å². The Morgan fingerprint density at radius 2 is 1.89 bits per heavy atom. The van der Waals surface area contributed by atoms with E-state index in [-0.39, 0.29) is 0 Å². The van der Waals surface area contributed by atoms with Gasteiger partial charge in [0.25, 0.3) is 0 Å². The first kappa shape index (κ1) is 13.0. The number of nitrogens with zero attached hydrogens (tertiary/aromatic N) is 1. The highest BCUT2D eigenvalue weighted by molar-refractivity contribution is 7.98. The minimum absolute atomic E-state index is 0.811. The smallest absolute Gasteiger partial charge is 0.0375 e. The fourth-order valence-electron chi connectivity index (χ4n) is 1.83. The maximum Gasteiger partial charge on any atom is 0.0375 e. The molecule has 0 radical (unpaired) electrons. The number of pyridine rings is 1. The molecule has 1 aromatic carbocycles. The highest BCUT2D eigenvalue weighted by Gasteiger charge is 2.03. The van der Waals surface area contributed by atoms with Gasteiger partial charge in [-0.15, -0.1) is 11.8 Å². The van der Waals surface area contributed by atoms with Crippen LogP contribution in [0.5, 0.6) is 0 Å². The monoisotopic (exact) mass is 258 g/mol. The number of nitrogens with two attached hydrogens (primary N) is 1. The number of hydrogen-bond acceptors (Lipinski definition) is 3. The lowest BCUT2D eigenvalue weighted by Crippen LogP contribution is -1.94. The summed E-state index contributed by atoms with van der Waals surface area (Å²) in [7, 11) is 0. The molecule has 0 unspecified atom stereocenters. The van der Waals surface area contributed by atoms with E-state index in [9.17, 15) is 0 Å². The van der Waals surface area contributed by atoms with Gasteiger partial charge in [0, 0.05) is 28.2 Å². The van der Waals surface area contributed by atoms with Crippen molar-refractivity contribution >= 4 is 17.4 Å². The quantitative estimate of drug-likeness (QED) is 0.669. The molecule has 0 saturated heterocycles. The van der Waals surface area contributed by atoms with E-state index < -0.39 is 0 Å². The summed E-state index contributed by atoms with van der Waals surface area (Å²) in [5, 5.41) is 0. The molecule has 18 heavy (non-hydrogen) atoms. The molecule has 0 fully saturated rings. The van der Waals surface area contributed by atoms with Crippen LogP contribution in [0, 0.1) is 6.92 Å². The second-order valence-electron chi connectivity index (χ2n) is 4.31. The van der Waals surface area contributed by atoms with Gasteiger partial charge >= 0.3 is 0 Å². The van der Waals surface area contributed by atoms with E-state index in [1.54, 1.807) is 0 Å². The summed E-state index contributed by atoms with van der Waals surface area (Å²) in [5.41, 5.74) is 10.3. The van der Waals surface area contributed by atoms with E-state index in [2.05, 4.69) is 30.1 Å². The number of thioether (sulfide) groups is 1. The molecular formula is C15H18N2S. The van der Waals surface area contributed by atoms with Gasteiger partial charge in [-0.05, 0) is 54.8 Å². The Morgan fingerprint density at radius 3 is 2.56 bits per heavy atom. The van der Waals surface area contributed by atoms with Gasteiger partial charge in [-0.25, -0.2) is 0 Å². The molecule has 0 atom stereocenters. The third kappa shape index (κ3) is 3.26. The van der Waals surface area contributed by atoms with Crippen molar-refractivity contribution in [3.8, 4) is 0 Å². The molecule has 0 bridgehead atoms. The van der Waals surface area contributed by atoms with E-state index >= 15 is 0 Å². The van der Waals surface area contributed by atoms with Crippen LogP contribution in [-0.4, -0.2) is 4.98 Å². The Hall–Kier alpha value is -1.48. The van der Waals surface area contributed by atoms with Gasteiger partial charge in [0.15, 0.2) is 0 Å². The summed E-state index contributed by atoms with van der Waals surface area (Å²) in [6.07, 6.45) is 3.06. The number of rotatable bonds is 4. The molecule has 0 aliphatic rings. The molecule has 2 N–H and O–H groups in total. The molecule has 3 heteroatoms. The second kappa shape index (κ2) is 5.91. The van der Waals surface area contributed by atoms with Crippen LogP contribution in [0.1, 0.15) is 23.7 Å². The Balaban J connectivity index is 2.08. The number of nitrogen functional groups attached to an aromatic ring is 1. The molecule has 0 amide bonds. The van der Waals surface area contributed by atoms with Crippen molar-refractivity contribution < 1.29 is 0 Å². The molecular weight excluding hydrogens is 240 g/mol. The SMILES string of the molecule is CCc1cc(C)ncc1CSc1ccc(N)cc1. The van der Waals surface area contributed by atoms with Crippen LogP contribution in [0.2, 0.25) is 0 Å². The minimum atomic E-state index is 0.811. The normalized spacial score (nSPS) is 10.6. The molecule has 1 aromatic heterocycles. The van der Waals surface area contributed by atoms with E-state index in [1.807, 2.05) is 37.0 Å². The second-order valence-corrected chi connectivity index (χ2v) is 5.35. The molecule has 0 saturated carbocycles. The first-order valence-electron chi connectivity index (χ1n) is 6.11. The zero-order valence-corrected chi connectivity index (χ0v) is 11.6. The molecule has 0 aliphatic heterocycles. The van der Waals surface area contributed by atoms with Crippen LogP contribution in [0.25, 0.3) is 0 Å². The predicted molar refractivity (Wildman–Crippen MR) is 78.8 cm³/mol. The van der Waals surface area contributed by atoms with Crippen molar-refractivity contribution in [1.29, 1.82) is 0 Å². The lowest BCUT2D eigenvalue weighted by Gasteiger charge is -2.08. The summed E-state index contributed by atoms with van der Waals surface area (Å²) in [6.45, 7) is 4.22. The summed E-state index contributed by atoms with van der Waals surface area (Å²) in [5.74, 6) is 0.959. The van der Waals surface area contributed by atoms with Gasteiger partial charge in [0.05, 0.1) is 0 Å². The molecule has 0 spiro atoms. The summed E-state index contributed by atoms with van der Waals surface area (Å²) < 4.78 is 0. The van der Waals surface area contributed by atoms with Gasteiger partial charge in [-0.3, -0.25) is 4.98 Å². The van der Waals surface area contributed by atoms with E-state index in [1.165, 1.54) is 16.0 Å². The fourth-order valence-corrected chi connectivity index (χ4v) is 2.74. The average Bonchev–Trinajstić information content (AvgIpc) is 2.39. The fraction of sp³-hybridized carbons (Fsp3) is 0.267. The van der Waals surface area contributed by atoms with Gasteiger partial charge < -0.3 is 5.73 Å². The number of aromatic nitrogens is 1. The number of hydrogen-bond donors (Lipinski definition) is 1.